The van der Waals surface area contributed by atoms with Crippen molar-refractivity contribution in [3.63, 3.8) is 0 Å². The number of carbonyl (C=O) groups is 1. The number of rotatable bonds is 5. The second kappa shape index (κ2) is 5.61. The Bertz CT molecular complexity index is 219. The molecule has 0 aliphatic heterocycles. The Labute approximate surface area is 95.2 Å². The van der Waals surface area contributed by atoms with Crippen LogP contribution in [0.25, 0.3) is 0 Å². The third-order valence-corrected chi connectivity index (χ3v) is 3.49. The number of urea groups is 1. The van der Waals surface area contributed by atoms with Gasteiger partial charge < -0.3 is 15.7 Å². The van der Waals surface area contributed by atoms with Crippen LogP contribution in [0.2, 0.25) is 0 Å². The summed E-state index contributed by atoms with van der Waals surface area (Å²) >= 11 is 1.70. The fraction of sp³-hybridized carbons (Fsp3) is 0.900. The first-order valence-corrected chi connectivity index (χ1v) is 6.71. The Hall–Kier alpha value is -0.420. The van der Waals surface area contributed by atoms with E-state index in [1.807, 2.05) is 13.2 Å². The van der Waals surface area contributed by atoms with E-state index in [1.54, 1.807) is 11.8 Å². The van der Waals surface area contributed by atoms with Crippen LogP contribution in [0, 0.1) is 0 Å². The van der Waals surface area contributed by atoms with Gasteiger partial charge in [-0.2, -0.15) is 11.8 Å². The predicted molar refractivity (Wildman–Crippen MR) is 63.2 cm³/mol. The molecule has 1 fully saturated rings. The monoisotopic (exact) mass is 232 g/mol. The van der Waals surface area contributed by atoms with Gasteiger partial charge in [0, 0.05) is 18.3 Å². The summed E-state index contributed by atoms with van der Waals surface area (Å²) in [5.74, 6) is 0.900. The van der Waals surface area contributed by atoms with Crippen LogP contribution in [0.1, 0.15) is 26.2 Å². The van der Waals surface area contributed by atoms with Gasteiger partial charge in [0.2, 0.25) is 0 Å². The largest absolute Gasteiger partial charge is 0.388 e. The standard InChI is InChI=1S/C10H20N2O2S/c1-8(6-15-2)12-9(13)11-7-10(14)4-3-5-10/h8,14H,3-7H2,1-2H3,(H2,11,12,13). The van der Waals surface area contributed by atoms with E-state index < -0.39 is 5.60 Å². The van der Waals surface area contributed by atoms with Crippen molar-refractivity contribution >= 4 is 17.8 Å². The number of amides is 2. The van der Waals surface area contributed by atoms with Crippen molar-refractivity contribution < 1.29 is 9.90 Å². The molecule has 0 heterocycles. The van der Waals surface area contributed by atoms with E-state index in [2.05, 4.69) is 10.6 Å². The topological polar surface area (TPSA) is 61.4 Å². The first kappa shape index (κ1) is 12.6. The van der Waals surface area contributed by atoms with E-state index >= 15 is 0 Å². The quantitative estimate of drug-likeness (QED) is 0.661. The Balaban J connectivity index is 2.13. The van der Waals surface area contributed by atoms with Gasteiger partial charge in [0.1, 0.15) is 0 Å². The van der Waals surface area contributed by atoms with Gasteiger partial charge in [0.25, 0.3) is 0 Å². The van der Waals surface area contributed by atoms with Gasteiger partial charge in [-0.15, -0.1) is 0 Å². The lowest BCUT2D eigenvalue weighted by molar-refractivity contribution is -0.0290. The number of hydrogen-bond acceptors (Lipinski definition) is 3. The predicted octanol–water partition coefficient (Wildman–Crippen LogP) is 0.952. The molecule has 2 amide bonds. The van der Waals surface area contributed by atoms with Crippen molar-refractivity contribution in [3.8, 4) is 0 Å². The molecule has 0 aromatic heterocycles. The Morgan fingerprint density at radius 2 is 2.27 bits per heavy atom. The number of thioether (sulfide) groups is 1. The van der Waals surface area contributed by atoms with Crippen molar-refractivity contribution in [2.75, 3.05) is 18.6 Å². The average Bonchev–Trinajstić information content (AvgIpc) is 2.12. The van der Waals surface area contributed by atoms with Crippen molar-refractivity contribution in [1.29, 1.82) is 0 Å². The van der Waals surface area contributed by atoms with E-state index in [9.17, 15) is 9.90 Å². The molecule has 0 aromatic carbocycles. The number of aliphatic hydroxyl groups is 1. The van der Waals surface area contributed by atoms with E-state index in [-0.39, 0.29) is 12.1 Å². The summed E-state index contributed by atoms with van der Waals surface area (Å²) in [5.41, 5.74) is -0.639. The molecule has 15 heavy (non-hydrogen) atoms. The van der Waals surface area contributed by atoms with Crippen LogP contribution >= 0.6 is 11.8 Å². The summed E-state index contributed by atoms with van der Waals surface area (Å²) in [6, 6.07) is -0.0205. The van der Waals surface area contributed by atoms with E-state index in [0.717, 1.165) is 25.0 Å². The highest BCUT2D eigenvalue weighted by Gasteiger charge is 2.34. The van der Waals surface area contributed by atoms with Gasteiger partial charge in [0.05, 0.1) is 5.60 Å². The minimum atomic E-state index is -0.639. The Morgan fingerprint density at radius 3 is 2.73 bits per heavy atom. The van der Waals surface area contributed by atoms with Gasteiger partial charge in [0.15, 0.2) is 0 Å². The Kier molecular flexibility index (Phi) is 4.73. The summed E-state index contributed by atoms with van der Waals surface area (Å²) in [4.78, 5) is 11.4. The molecule has 0 spiro atoms. The second-order valence-electron chi connectivity index (χ2n) is 4.26. The molecule has 0 bridgehead atoms. The first-order chi connectivity index (χ1) is 7.06. The molecule has 0 saturated heterocycles. The number of hydrogen-bond donors (Lipinski definition) is 3. The highest BCUT2D eigenvalue weighted by molar-refractivity contribution is 7.98. The summed E-state index contributed by atoms with van der Waals surface area (Å²) in [7, 11) is 0. The normalized spacial score (nSPS) is 20.2. The lowest BCUT2D eigenvalue weighted by atomic mass is 9.80. The van der Waals surface area contributed by atoms with Crippen LogP contribution in [0.15, 0.2) is 0 Å². The van der Waals surface area contributed by atoms with Gasteiger partial charge in [-0.1, -0.05) is 0 Å². The zero-order chi connectivity index (χ0) is 11.3. The molecule has 1 saturated carbocycles. The average molecular weight is 232 g/mol. The van der Waals surface area contributed by atoms with Crippen molar-refractivity contribution in [2.24, 2.45) is 0 Å². The highest BCUT2D eigenvalue weighted by Crippen LogP contribution is 2.30. The highest BCUT2D eigenvalue weighted by atomic mass is 32.2. The smallest absolute Gasteiger partial charge is 0.315 e. The molecule has 1 atom stereocenters. The molecule has 0 radical (unpaired) electrons. The van der Waals surface area contributed by atoms with Crippen LogP contribution in [-0.2, 0) is 0 Å². The second-order valence-corrected chi connectivity index (χ2v) is 5.17. The van der Waals surface area contributed by atoms with Crippen LogP contribution in [0.4, 0.5) is 4.79 Å². The summed E-state index contributed by atoms with van der Waals surface area (Å²) in [5, 5.41) is 15.3. The van der Waals surface area contributed by atoms with Crippen LogP contribution in [0.3, 0.4) is 0 Å². The van der Waals surface area contributed by atoms with Crippen LogP contribution in [-0.4, -0.2) is 41.3 Å². The summed E-state index contributed by atoms with van der Waals surface area (Å²) < 4.78 is 0. The Morgan fingerprint density at radius 1 is 1.60 bits per heavy atom. The molecule has 5 heteroatoms. The molecule has 4 nitrogen and oxygen atoms in total. The minimum absolute atomic E-state index is 0.163. The summed E-state index contributed by atoms with van der Waals surface area (Å²) in [6.45, 7) is 2.33. The van der Waals surface area contributed by atoms with Crippen molar-refractivity contribution in [2.45, 2.75) is 37.8 Å². The fourth-order valence-electron chi connectivity index (χ4n) is 1.57. The SMILES string of the molecule is CSCC(C)NC(=O)NCC1(O)CCC1. The molecule has 1 rings (SSSR count). The third kappa shape index (κ3) is 4.30. The zero-order valence-corrected chi connectivity index (χ0v) is 10.2. The van der Waals surface area contributed by atoms with E-state index in [0.29, 0.717) is 6.54 Å². The maximum absolute atomic E-state index is 11.4. The first-order valence-electron chi connectivity index (χ1n) is 5.31. The molecule has 88 valence electrons. The fourth-order valence-corrected chi connectivity index (χ4v) is 2.16. The molecular weight excluding hydrogens is 212 g/mol. The molecular formula is C10H20N2O2S. The maximum Gasteiger partial charge on any atom is 0.315 e. The van der Waals surface area contributed by atoms with Crippen LogP contribution in [0.5, 0.6) is 0 Å². The van der Waals surface area contributed by atoms with Crippen molar-refractivity contribution in [1.82, 2.24) is 10.6 Å². The summed E-state index contributed by atoms with van der Waals surface area (Å²) in [6.07, 6.45) is 4.66. The van der Waals surface area contributed by atoms with E-state index in [1.165, 1.54) is 0 Å². The zero-order valence-electron chi connectivity index (χ0n) is 9.38. The van der Waals surface area contributed by atoms with E-state index in [4.69, 9.17) is 0 Å². The van der Waals surface area contributed by atoms with Crippen molar-refractivity contribution in [3.05, 3.63) is 0 Å². The third-order valence-electron chi connectivity index (χ3n) is 2.66. The van der Waals surface area contributed by atoms with Gasteiger partial charge in [-0.3, -0.25) is 0 Å². The molecule has 1 unspecified atom stereocenters. The molecule has 1 aliphatic rings. The number of nitrogens with one attached hydrogen (secondary N) is 2. The van der Waals surface area contributed by atoms with Gasteiger partial charge in [-0.25, -0.2) is 4.79 Å². The molecule has 3 N–H and O–H groups in total. The van der Waals surface area contributed by atoms with Gasteiger partial charge >= 0.3 is 6.03 Å². The van der Waals surface area contributed by atoms with Gasteiger partial charge in [-0.05, 0) is 32.4 Å². The minimum Gasteiger partial charge on any atom is -0.388 e. The van der Waals surface area contributed by atoms with Crippen LogP contribution < -0.4 is 10.6 Å². The number of carbonyl (C=O) groups excluding carboxylic acids is 1. The molecule has 0 aromatic rings. The lowest BCUT2D eigenvalue weighted by Gasteiger charge is -2.36. The maximum atomic E-state index is 11.4. The lowest BCUT2D eigenvalue weighted by Crippen LogP contribution is -2.51. The molecule has 1 aliphatic carbocycles.